The van der Waals surface area contributed by atoms with Crippen molar-refractivity contribution in [3.8, 4) is 0 Å². The Morgan fingerprint density at radius 2 is 0.561 bits per heavy atom. The van der Waals surface area contributed by atoms with Gasteiger partial charge in [0.1, 0.15) is 13.2 Å². The summed E-state index contributed by atoms with van der Waals surface area (Å²) in [6.45, 7) is 6.58. The average molecular weight is 928 g/mol. The highest BCUT2D eigenvalue weighted by atomic mass is 16.6. The third-order valence-electron chi connectivity index (χ3n) is 12.9. The number of hydrogen-bond donors (Lipinski definition) is 0. The van der Waals surface area contributed by atoms with Gasteiger partial charge in [0.05, 0.1) is 0 Å². The van der Waals surface area contributed by atoms with E-state index in [1.54, 1.807) is 0 Å². The zero-order valence-electron chi connectivity index (χ0n) is 44.2. The van der Waals surface area contributed by atoms with E-state index in [1.807, 2.05) is 0 Å². The highest BCUT2D eigenvalue weighted by Gasteiger charge is 2.19. The topological polar surface area (TPSA) is 78.9 Å². The maximum atomic E-state index is 12.8. The first kappa shape index (κ1) is 63.6. The van der Waals surface area contributed by atoms with Crippen LogP contribution in [0.2, 0.25) is 0 Å². The van der Waals surface area contributed by atoms with Gasteiger partial charge >= 0.3 is 17.9 Å². The van der Waals surface area contributed by atoms with Gasteiger partial charge in [0, 0.05) is 19.3 Å². The molecule has 0 saturated heterocycles. The quantitative estimate of drug-likeness (QED) is 0.0262. The maximum Gasteiger partial charge on any atom is 0.306 e. The molecule has 386 valence electrons. The summed E-state index contributed by atoms with van der Waals surface area (Å²) < 4.78 is 16.8. The Kier molecular flexibility index (Phi) is 53.2. The first-order valence-corrected chi connectivity index (χ1v) is 29.0. The smallest absolute Gasteiger partial charge is 0.306 e. The molecule has 0 saturated carbocycles. The van der Waals surface area contributed by atoms with Crippen LogP contribution >= 0.6 is 0 Å². The van der Waals surface area contributed by atoms with Gasteiger partial charge in [-0.25, -0.2) is 0 Å². The minimum absolute atomic E-state index is 0.0772. The number of hydrogen-bond acceptors (Lipinski definition) is 6. The van der Waals surface area contributed by atoms with E-state index in [2.05, 4.69) is 57.2 Å². The second-order valence-corrected chi connectivity index (χ2v) is 19.6. The summed E-state index contributed by atoms with van der Waals surface area (Å²) in [5.74, 6) is -0.887. The second kappa shape index (κ2) is 55.2. The summed E-state index contributed by atoms with van der Waals surface area (Å²) in [6, 6.07) is 0. The molecule has 1 atom stereocenters. The molecular formula is C60H110O6. The minimum atomic E-state index is -0.779. The van der Waals surface area contributed by atoms with Crippen LogP contribution in [-0.4, -0.2) is 37.2 Å². The van der Waals surface area contributed by atoms with Gasteiger partial charge < -0.3 is 14.2 Å². The lowest BCUT2D eigenvalue weighted by Gasteiger charge is -2.18. The van der Waals surface area contributed by atoms with Crippen molar-refractivity contribution < 1.29 is 28.6 Å². The molecule has 0 aromatic carbocycles. The molecule has 0 aromatic heterocycles. The summed E-state index contributed by atoms with van der Waals surface area (Å²) in [6.07, 6.45) is 65.8. The van der Waals surface area contributed by atoms with E-state index in [1.165, 1.54) is 180 Å². The van der Waals surface area contributed by atoms with Crippen molar-refractivity contribution in [3.05, 3.63) is 36.5 Å². The van der Waals surface area contributed by atoms with E-state index in [0.29, 0.717) is 19.3 Å². The monoisotopic (exact) mass is 927 g/mol. The lowest BCUT2D eigenvalue weighted by molar-refractivity contribution is -0.167. The van der Waals surface area contributed by atoms with Crippen molar-refractivity contribution in [2.75, 3.05) is 13.2 Å². The number of carbonyl (C=O) groups excluding carboxylic acids is 3. The van der Waals surface area contributed by atoms with Crippen molar-refractivity contribution in [1.29, 1.82) is 0 Å². The zero-order chi connectivity index (χ0) is 47.9. The van der Waals surface area contributed by atoms with Gasteiger partial charge in [-0.05, 0) is 64.2 Å². The molecule has 0 aliphatic rings. The number of unbranched alkanes of at least 4 members (excludes halogenated alkanes) is 36. The van der Waals surface area contributed by atoms with Crippen LogP contribution in [0.3, 0.4) is 0 Å². The molecule has 0 amide bonds. The van der Waals surface area contributed by atoms with Gasteiger partial charge in [-0.2, -0.15) is 0 Å². The predicted octanol–water partition coefficient (Wildman–Crippen LogP) is 19.3. The third kappa shape index (κ3) is 52.6. The van der Waals surface area contributed by atoms with Crippen molar-refractivity contribution in [2.45, 2.75) is 316 Å². The minimum Gasteiger partial charge on any atom is -0.462 e. The van der Waals surface area contributed by atoms with Gasteiger partial charge in [0.15, 0.2) is 6.10 Å². The molecule has 0 fully saturated rings. The summed E-state index contributed by atoms with van der Waals surface area (Å²) in [5.41, 5.74) is 0. The molecule has 66 heavy (non-hydrogen) atoms. The summed E-state index contributed by atoms with van der Waals surface area (Å²) >= 11 is 0. The molecule has 1 unspecified atom stereocenters. The molecule has 0 rings (SSSR count). The largest absolute Gasteiger partial charge is 0.462 e. The number of ether oxygens (including phenoxy) is 3. The van der Waals surface area contributed by atoms with Crippen LogP contribution in [-0.2, 0) is 28.6 Å². The Bertz CT molecular complexity index is 1110. The fourth-order valence-corrected chi connectivity index (χ4v) is 8.44. The van der Waals surface area contributed by atoms with Crippen LogP contribution in [0.25, 0.3) is 0 Å². The number of allylic oxidation sites excluding steroid dienone is 6. The second-order valence-electron chi connectivity index (χ2n) is 19.6. The molecule has 0 aliphatic heterocycles. The van der Waals surface area contributed by atoms with Crippen molar-refractivity contribution in [3.63, 3.8) is 0 Å². The molecule has 0 radical (unpaired) electrons. The van der Waals surface area contributed by atoms with Gasteiger partial charge in [-0.3, -0.25) is 14.4 Å². The maximum absolute atomic E-state index is 12.8. The Morgan fingerprint density at radius 1 is 0.303 bits per heavy atom. The van der Waals surface area contributed by atoms with E-state index in [4.69, 9.17) is 14.2 Å². The van der Waals surface area contributed by atoms with E-state index < -0.39 is 6.10 Å². The van der Waals surface area contributed by atoms with Gasteiger partial charge in [-0.1, -0.05) is 263 Å². The van der Waals surface area contributed by atoms with E-state index in [0.717, 1.165) is 89.9 Å². The van der Waals surface area contributed by atoms with Crippen LogP contribution in [0.15, 0.2) is 36.5 Å². The van der Waals surface area contributed by atoms with E-state index >= 15 is 0 Å². The lowest BCUT2D eigenvalue weighted by Crippen LogP contribution is -2.30. The van der Waals surface area contributed by atoms with Gasteiger partial charge in [0.2, 0.25) is 0 Å². The van der Waals surface area contributed by atoms with Gasteiger partial charge in [-0.15, -0.1) is 0 Å². The zero-order valence-corrected chi connectivity index (χ0v) is 44.2. The highest BCUT2D eigenvalue weighted by molar-refractivity contribution is 5.71. The van der Waals surface area contributed by atoms with Crippen molar-refractivity contribution in [2.24, 2.45) is 0 Å². The molecule has 6 nitrogen and oxygen atoms in total. The molecule has 0 aromatic rings. The number of esters is 3. The molecule has 0 N–H and O–H groups in total. The number of carbonyl (C=O) groups is 3. The van der Waals surface area contributed by atoms with Gasteiger partial charge in [0.25, 0.3) is 0 Å². The summed E-state index contributed by atoms with van der Waals surface area (Å²) in [7, 11) is 0. The predicted molar refractivity (Wildman–Crippen MR) is 284 cm³/mol. The first-order valence-electron chi connectivity index (χ1n) is 29.0. The molecule has 0 heterocycles. The van der Waals surface area contributed by atoms with Crippen LogP contribution < -0.4 is 0 Å². The summed E-state index contributed by atoms with van der Waals surface area (Å²) in [4.78, 5) is 38.0. The normalized spacial score (nSPS) is 12.2. The van der Waals surface area contributed by atoms with E-state index in [9.17, 15) is 14.4 Å². The fraction of sp³-hybridized carbons (Fsp3) is 0.850. The highest BCUT2D eigenvalue weighted by Crippen LogP contribution is 2.17. The Labute approximate surface area is 410 Å². The Hall–Kier alpha value is -2.37. The Morgan fingerprint density at radius 3 is 0.894 bits per heavy atom. The lowest BCUT2D eigenvalue weighted by atomic mass is 10.0. The van der Waals surface area contributed by atoms with E-state index in [-0.39, 0.29) is 31.1 Å². The van der Waals surface area contributed by atoms with Crippen molar-refractivity contribution in [1.82, 2.24) is 0 Å². The molecule has 6 heteroatoms. The molecular weight excluding hydrogens is 817 g/mol. The average Bonchev–Trinajstić information content (AvgIpc) is 3.31. The molecule has 0 spiro atoms. The Balaban J connectivity index is 4.22. The summed E-state index contributed by atoms with van der Waals surface area (Å²) in [5, 5.41) is 0. The van der Waals surface area contributed by atoms with Crippen LogP contribution in [0.4, 0.5) is 0 Å². The van der Waals surface area contributed by atoms with Crippen molar-refractivity contribution >= 4 is 17.9 Å². The standard InChI is InChI=1S/C60H110O6/c1-4-7-10-13-16-19-22-24-26-27-28-29-30-31-32-33-34-36-38-41-44-47-50-53-59(62)65-56-57(55-64-58(61)52-49-46-43-40-37-21-18-15-12-9-6-3)66-60(63)54-51-48-45-42-39-35-25-23-20-17-14-11-8-5-2/h14-15,17-18,23,25,57H,4-13,16,19-22,24,26-56H2,1-3H3/b17-14-,18-15-,25-23-. The SMILES string of the molecule is CCCC/C=C\C/C=C\CCCCCCCC(=O)OC(COC(=O)CCCCCCC/C=C\CCCC)COC(=O)CCCCCCCCCCCCCCCCCCCCCCCCC. The third-order valence-corrected chi connectivity index (χ3v) is 12.9. The first-order chi connectivity index (χ1) is 32.5. The molecule has 0 bridgehead atoms. The molecule has 0 aliphatic carbocycles. The number of rotatable bonds is 53. The fourth-order valence-electron chi connectivity index (χ4n) is 8.44. The van der Waals surface area contributed by atoms with Crippen LogP contribution in [0.5, 0.6) is 0 Å². The van der Waals surface area contributed by atoms with Crippen LogP contribution in [0, 0.1) is 0 Å². The van der Waals surface area contributed by atoms with Crippen LogP contribution in [0.1, 0.15) is 310 Å².